The lowest BCUT2D eigenvalue weighted by atomic mass is 9.87. The van der Waals surface area contributed by atoms with Gasteiger partial charge in [-0.25, -0.2) is 15.0 Å². The van der Waals surface area contributed by atoms with E-state index in [2.05, 4.69) is 53.5 Å². The molecule has 3 saturated heterocycles. The van der Waals surface area contributed by atoms with Crippen molar-refractivity contribution >= 4 is 17.5 Å². The Morgan fingerprint density at radius 1 is 0.974 bits per heavy atom. The summed E-state index contributed by atoms with van der Waals surface area (Å²) in [6, 6.07) is 17.0. The number of rotatable bonds is 7. The van der Waals surface area contributed by atoms with E-state index in [1.165, 1.54) is 12.0 Å². The van der Waals surface area contributed by atoms with Crippen LogP contribution in [-0.4, -0.2) is 60.2 Å². The number of pyridine rings is 2. The minimum absolute atomic E-state index is 0.523. The predicted octanol–water partition coefficient (Wildman–Crippen LogP) is 4.74. The molecule has 0 amide bonds. The maximum absolute atomic E-state index is 5.46. The first-order valence-corrected chi connectivity index (χ1v) is 13.2. The number of hydrogen-bond acceptors (Lipinski definition) is 9. The van der Waals surface area contributed by atoms with Crippen molar-refractivity contribution in [3.05, 3.63) is 84.1 Å². The Morgan fingerprint density at radius 3 is 2.56 bits per heavy atom. The number of aromatic nitrogens is 6. The molecule has 39 heavy (non-hydrogen) atoms. The van der Waals surface area contributed by atoms with E-state index in [-0.39, 0.29) is 0 Å². The standard InChI is InChI=1S/C29H29N9O/c1-18-10-26(33-27-11-19(2)35-36-27)34-29(32-18)21-6-8-28(31-14-21)37-16-22-12-23(17-37)38(22)15-20-5-7-24(30-13-20)25-4-3-9-39-25/h3-11,13-14,22-23H,12,15-17H2,1-2H3,(H2,32,33,34,35,36). The van der Waals surface area contributed by atoms with Crippen LogP contribution in [0.2, 0.25) is 0 Å². The van der Waals surface area contributed by atoms with Crippen molar-refractivity contribution in [3.8, 4) is 22.8 Å². The van der Waals surface area contributed by atoms with Crippen LogP contribution in [0.4, 0.5) is 17.5 Å². The van der Waals surface area contributed by atoms with Gasteiger partial charge in [0, 0.05) is 73.2 Å². The van der Waals surface area contributed by atoms with Crippen molar-refractivity contribution in [2.45, 2.75) is 38.9 Å². The van der Waals surface area contributed by atoms with Crippen LogP contribution in [-0.2, 0) is 6.54 Å². The molecule has 3 aliphatic rings. The minimum atomic E-state index is 0.523. The zero-order valence-electron chi connectivity index (χ0n) is 21.9. The van der Waals surface area contributed by atoms with Gasteiger partial charge >= 0.3 is 0 Å². The Hall–Kier alpha value is -4.57. The number of H-pyrrole nitrogens is 1. The van der Waals surface area contributed by atoms with Crippen LogP contribution < -0.4 is 10.2 Å². The van der Waals surface area contributed by atoms with Gasteiger partial charge in [-0.3, -0.25) is 15.0 Å². The normalized spacial score (nSPS) is 18.7. The fourth-order valence-electron chi connectivity index (χ4n) is 5.51. The Kier molecular flexibility index (Phi) is 5.81. The number of fused-ring (bicyclic) bond motifs is 2. The van der Waals surface area contributed by atoms with Crippen molar-refractivity contribution in [1.82, 2.24) is 35.0 Å². The minimum Gasteiger partial charge on any atom is -0.463 e. The lowest BCUT2D eigenvalue weighted by Gasteiger charge is -2.56. The topological polar surface area (TPSA) is 112 Å². The number of furan rings is 1. The first-order valence-electron chi connectivity index (χ1n) is 13.2. The maximum Gasteiger partial charge on any atom is 0.163 e. The lowest BCUT2D eigenvalue weighted by molar-refractivity contribution is -0.00875. The first kappa shape index (κ1) is 23.5. The quantitative estimate of drug-likeness (QED) is 0.315. The van der Waals surface area contributed by atoms with Gasteiger partial charge in [-0.15, -0.1) is 0 Å². The number of aryl methyl sites for hydroxylation is 2. The Bertz CT molecular complexity index is 1570. The van der Waals surface area contributed by atoms with E-state index in [0.717, 1.165) is 59.7 Å². The van der Waals surface area contributed by atoms with Gasteiger partial charge in [0.1, 0.15) is 17.3 Å². The fourth-order valence-corrected chi connectivity index (χ4v) is 5.51. The molecule has 0 aliphatic carbocycles. The number of aromatic amines is 1. The third-order valence-corrected chi connectivity index (χ3v) is 7.45. The second kappa shape index (κ2) is 9.63. The third-order valence-electron chi connectivity index (χ3n) is 7.45. The molecule has 8 rings (SSSR count). The molecule has 0 saturated carbocycles. The second-order valence-corrected chi connectivity index (χ2v) is 10.3. The summed E-state index contributed by atoms with van der Waals surface area (Å²) in [6.45, 7) is 6.78. The van der Waals surface area contributed by atoms with Crippen LogP contribution in [0.25, 0.3) is 22.8 Å². The van der Waals surface area contributed by atoms with Crippen LogP contribution in [0.5, 0.6) is 0 Å². The average Bonchev–Trinajstić information content (AvgIpc) is 3.64. The van der Waals surface area contributed by atoms with Gasteiger partial charge in [0.25, 0.3) is 0 Å². The number of piperidine rings is 1. The maximum atomic E-state index is 5.46. The number of nitrogens with zero attached hydrogens (tertiary/aromatic N) is 7. The zero-order chi connectivity index (χ0) is 26.3. The molecule has 10 nitrogen and oxygen atoms in total. The summed E-state index contributed by atoms with van der Waals surface area (Å²) >= 11 is 0. The van der Waals surface area contributed by atoms with E-state index < -0.39 is 0 Å². The molecule has 2 unspecified atom stereocenters. The summed E-state index contributed by atoms with van der Waals surface area (Å²) in [5, 5.41) is 10.4. The SMILES string of the molecule is Cc1cc(Nc2cc(C)[nH]n2)nc(-c2ccc(N3CC4CC(C3)N4Cc3ccc(-c4ccco4)nc3)nc2)n1. The number of piperazine rings is 1. The Balaban J connectivity index is 0.996. The van der Waals surface area contributed by atoms with E-state index in [1.807, 2.05) is 56.6 Å². The largest absolute Gasteiger partial charge is 0.463 e. The summed E-state index contributed by atoms with van der Waals surface area (Å²) in [5.41, 5.74) is 4.84. The highest BCUT2D eigenvalue weighted by molar-refractivity contribution is 5.61. The van der Waals surface area contributed by atoms with Gasteiger partial charge < -0.3 is 14.6 Å². The summed E-state index contributed by atoms with van der Waals surface area (Å²) in [7, 11) is 0. The van der Waals surface area contributed by atoms with Gasteiger partial charge in [0.15, 0.2) is 17.4 Å². The van der Waals surface area contributed by atoms with Gasteiger partial charge in [0.2, 0.25) is 0 Å². The first-order chi connectivity index (χ1) is 19.1. The molecule has 2 bridgehead atoms. The average molecular weight is 520 g/mol. The molecule has 196 valence electrons. The molecule has 8 heterocycles. The van der Waals surface area contributed by atoms with Crippen molar-refractivity contribution in [1.29, 1.82) is 0 Å². The van der Waals surface area contributed by atoms with Crippen LogP contribution in [0.3, 0.4) is 0 Å². The zero-order valence-corrected chi connectivity index (χ0v) is 21.9. The third kappa shape index (κ3) is 4.74. The number of nitrogens with one attached hydrogen (secondary N) is 2. The summed E-state index contributed by atoms with van der Waals surface area (Å²) < 4.78 is 5.46. The molecule has 3 aliphatic heterocycles. The van der Waals surface area contributed by atoms with Crippen LogP contribution in [0.1, 0.15) is 23.4 Å². The molecular weight excluding hydrogens is 490 g/mol. The van der Waals surface area contributed by atoms with E-state index in [4.69, 9.17) is 14.4 Å². The van der Waals surface area contributed by atoms with Crippen LogP contribution >= 0.6 is 0 Å². The molecule has 0 radical (unpaired) electrons. The predicted molar refractivity (Wildman–Crippen MR) is 148 cm³/mol. The van der Waals surface area contributed by atoms with E-state index in [0.29, 0.717) is 23.7 Å². The highest BCUT2D eigenvalue weighted by Crippen LogP contribution is 2.35. The van der Waals surface area contributed by atoms with Crippen LogP contribution in [0.15, 0.2) is 71.6 Å². The molecule has 5 aromatic rings. The summed E-state index contributed by atoms with van der Waals surface area (Å²) in [6.07, 6.45) is 6.74. The highest BCUT2D eigenvalue weighted by Gasteiger charge is 2.44. The molecular formula is C29H29N9O. The van der Waals surface area contributed by atoms with Gasteiger partial charge in [0.05, 0.1) is 6.26 Å². The summed E-state index contributed by atoms with van der Waals surface area (Å²) in [4.78, 5) is 23.7. The molecule has 0 aromatic carbocycles. The molecule has 2 N–H and O–H groups in total. The van der Waals surface area contributed by atoms with Crippen molar-refractivity contribution in [3.63, 3.8) is 0 Å². The van der Waals surface area contributed by atoms with Crippen molar-refractivity contribution in [2.75, 3.05) is 23.3 Å². The molecule has 10 heteroatoms. The molecule has 0 spiro atoms. The van der Waals surface area contributed by atoms with Crippen molar-refractivity contribution < 1.29 is 4.42 Å². The lowest BCUT2D eigenvalue weighted by Crippen LogP contribution is -2.68. The number of hydrogen-bond donors (Lipinski definition) is 2. The summed E-state index contributed by atoms with van der Waals surface area (Å²) in [5.74, 6) is 3.87. The van der Waals surface area contributed by atoms with Crippen LogP contribution in [0, 0.1) is 13.8 Å². The van der Waals surface area contributed by atoms with E-state index >= 15 is 0 Å². The van der Waals surface area contributed by atoms with Gasteiger partial charge in [-0.2, -0.15) is 5.10 Å². The van der Waals surface area contributed by atoms with E-state index in [1.54, 1.807) is 6.26 Å². The highest BCUT2D eigenvalue weighted by atomic mass is 16.3. The molecule has 5 aromatic heterocycles. The monoisotopic (exact) mass is 519 g/mol. The number of anilines is 3. The Labute approximate surface area is 226 Å². The van der Waals surface area contributed by atoms with Gasteiger partial charge in [-0.05, 0) is 56.2 Å². The van der Waals surface area contributed by atoms with E-state index in [9.17, 15) is 0 Å². The molecule has 3 fully saturated rings. The van der Waals surface area contributed by atoms with Crippen molar-refractivity contribution in [2.24, 2.45) is 0 Å². The molecule has 2 atom stereocenters. The van der Waals surface area contributed by atoms with Gasteiger partial charge in [-0.1, -0.05) is 6.07 Å². The Morgan fingerprint density at radius 2 is 1.87 bits per heavy atom. The second-order valence-electron chi connectivity index (χ2n) is 10.3. The fraction of sp³-hybridized carbons (Fsp3) is 0.276. The smallest absolute Gasteiger partial charge is 0.163 e.